The van der Waals surface area contributed by atoms with Crippen LogP contribution in [0.5, 0.6) is 0 Å². The SMILES string of the molecule is CC.Cc1cc2n(n1)-c1ccnc(C(C)C)c1N(C)C2.[B]C1([B])c2cccc(F)c2-c2cccc(C(C)C)c2N1C. The summed E-state index contributed by atoms with van der Waals surface area (Å²) in [5.74, 6) is 0.426. The Kier molecular flexibility index (Phi) is 8.72. The van der Waals surface area contributed by atoms with Gasteiger partial charge in [-0.3, -0.25) is 4.98 Å². The van der Waals surface area contributed by atoms with Crippen molar-refractivity contribution in [3.8, 4) is 16.8 Å². The zero-order chi connectivity index (χ0) is 30.2. The smallest absolute Gasteiger partial charge is 0.131 e. The second-order valence-electron chi connectivity index (χ2n) is 11.2. The van der Waals surface area contributed by atoms with Crippen molar-refractivity contribution in [2.75, 3.05) is 23.9 Å². The number of aromatic nitrogens is 3. The number of hydrogen-bond donors (Lipinski definition) is 0. The van der Waals surface area contributed by atoms with Crippen LogP contribution in [0.25, 0.3) is 16.8 Å². The summed E-state index contributed by atoms with van der Waals surface area (Å²) in [5.41, 5.74) is 9.80. The molecule has 0 atom stereocenters. The molecule has 0 spiro atoms. The van der Waals surface area contributed by atoms with Gasteiger partial charge in [0.05, 0.1) is 50.7 Å². The predicted octanol–water partition coefficient (Wildman–Crippen LogP) is 7.19. The summed E-state index contributed by atoms with van der Waals surface area (Å²) in [6, 6.07) is 15.0. The molecule has 4 aromatic rings. The number of hydrogen-bond acceptors (Lipinski definition) is 4. The van der Waals surface area contributed by atoms with E-state index in [9.17, 15) is 4.39 Å². The molecule has 0 unspecified atom stereocenters. The van der Waals surface area contributed by atoms with Crippen molar-refractivity contribution < 1.29 is 4.39 Å². The highest BCUT2D eigenvalue weighted by Gasteiger charge is 2.37. The third kappa shape index (κ3) is 5.29. The summed E-state index contributed by atoms with van der Waals surface area (Å²) in [5, 5.41) is 3.36. The monoisotopic (exact) mass is 547 g/mol. The molecule has 2 aromatic carbocycles. The fourth-order valence-electron chi connectivity index (χ4n) is 5.74. The molecule has 0 saturated carbocycles. The Morgan fingerprint density at radius 3 is 2.27 bits per heavy atom. The van der Waals surface area contributed by atoms with Gasteiger partial charge in [-0.05, 0) is 53.4 Å². The fourth-order valence-corrected chi connectivity index (χ4v) is 5.74. The molecule has 0 amide bonds. The first kappa shape index (κ1) is 30.4. The molecule has 8 heteroatoms. The molecule has 2 aromatic heterocycles. The van der Waals surface area contributed by atoms with Crippen molar-refractivity contribution in [2.45, 2.75) is 72.2 Å². The lowest BCUT2D eigenvalue weighted by molar-refractivity contribution is 0.624. The van der Waals surface area contributed by atoms with E-state index in [-0.39, 0.29) is 5.82 Å². The van der Waals surface area contributed by atoms with Crippen molar-refractivity contribution in [1.82, 2.24) is 14.8 Å². The maximum absolute atomic E-state index is 14.4. The van der Waals surface area contributed by atoms with Crippen molar-refractivity contribution in [2.24, 2.45) is 0 Å². The summed E-state index contributed by atoms with van der Waals surface area (Å²) in [6.07, 6.45) is 1.88. The van der Waals surface area contributed by atoms with E-state index >= 15 is 0 Å². The van der Waals surface area contributed by atoms with E-state index in [0.717, 1.165) is 40.4 Å². The highest BCUT2D eigenvalue weighted by molar-refractivity contribution is 6.42. The fraction of sp³-hybridized carbons (Fsp3) is 0.394. The standard InChI is InChI=1S/C17H16B2FN.C14H18N4.C2H6/c1-10(2)11-6-4-7-12-15-13(8-5-9-14(15)20)17(18,19)21(3)16(11)12;1-9(2)13-14-12(5-6-15-13)18-11(8-17(14)4)7-10(3)16-18;1-2/h4-10H,1-3H3;5-7,9H,8H2,1-4H3;1-2H3. The Morgan fingerprint density at radius 2 is 1.61 bits per heavy atom. The Morgan fingerprint density at radius 1 is 0.927 bits per heavy atom. The number of anilines is 2. The largest absolute Gasteiger partial charge is 0.381 e. The number of para-hydroxylation sites is 1. The lowest BCUT2D eigenvalue weighted by Gasteiger charge is -2.46. The van der Waals surface area contributed by atoms with Gasteiger partial charge in [0.25, 0.3) is 0 Å². The number of aryl methyl sites for hydroxylation is 1. The average Bonchev–Trinajstić information content (AvgIpc) is 3.32. The van der Waals surface area contributed by atoms with E-state index < -0.39 is 5.34 Å². The van der Waals surface area contributed by atoms with Crippen LogP contribution in [0.2, 0.25) is 0 Å². The number of nitrogens with zero attached hydrogens (tertiary/aromatic N) is 5. The summed E-state index contributed by atoms with van der Waals surface area (Å²) in [6.45, 7) is 15.5. The van der Waals surface area contributed by atoms with Gasteiger partial charge in [0.1, 0.15) is 5.82 Å². The highest BCUT2D eigenvalue weighted by Crippen LogP contribution is 2.48. The van der Waals surface area contributed by atoms with Crippen molar-refractivity contribution >= 4 is 27.1 Å². The van der Waals surface area contributed by atoms with Gasteiger partial charge >= 0.3 is 0 Å². The van der Waals surface area contributed by atoms with Crippen LogP contribution in [0.3, 0.4) is 0 Å². The van der Waals surface area contributed by atoms with Gasteiger partial charge in [0.2, 0.25) is 0 Å². The van der Waals surface area contributed by atoms with Crippen LogP contribution >= 0.6 is 0 Å². The van der Waals surface area contributed by atoms with Crippen molar-refractivity contribution in [3.63, 3.8) is 0 Å². The lowest BCUT2D eigenvalue weighted by Crippen LogP contribution is -2.48. The van der Waals surface area contributed by atoms with Crippen LogP contribution in [0.1, 0.15) is 81.6 Å². The zero-order valence-corrected chi connectivity index (χ0v) is 25.8. The molecule has 2 aliphatic heterocycles. The molecule has 0 saturated heterocycles. The normalized spacial score (nSPS) is 14.2. The number of rotatable bonds is 2. The van der Waals surface area contributed by atoms with Crippen LogP contribution in [-0.2, 0) is 11.9 Å². The molecular formula is C33H40B2FN5. The molecule has 2 aliphatic rings. The van der Waals surface area contributed by atoms with Crippen molar-refractivity contribution in [1.29, 1.82) is 0 Å². The first-order valence-corrected chi connectivity index (χ1v) is 14.4. The minimum absolute atomic E-state index is 0.289. The predicted molar refractivity (Wildman–Crippen MR) is 171 cm³/mol. The van der Waals surface area contributed by atoms with E-state index in [2.05, 4.69) is 60.5 Å². The molecule has 6 rings (SSSR count). The van der Waals surface area contributed by atoms with E-state index in [4.69, 9.17) is 15.7 Å². The molecule has 4 heterocycles. The van der Waals surface area contributed by atoms with E-state index in [0.29, 0.717) is 23.0 Å². The van der Waals surface area contributed by atoms with Gasteiger partial charge < -0.3 is 9.80 Å². The van der Waals surface area contributed by atoms with E-state index in [1.54, 1.807) is 12.1 Å². The Balaban J connectivity index is 0.000000180. The molecular weight excluding hydrogens is 507 g/mol. The Labute approximate surface area is 247 Å². The van der Waals surface area contributed by atoms with Crippen LogP contribution < -0.4 is 9.80 Å². The summed E-state index contributed by atoms with van der Waals surface area (Å²) in [7, 11) is 16.6. The minimum atomic E-state index is -1.23. The average molecular weight is 547 g/mol. The Hall–Kier alpha value is -3.54. The summed E-state index contributed by atoms with van der Waals surface area (Å²) < 4.78 is 16.5. The minimum Gasteiger partial charge on any atom is -0.381 e. The number of fused-ring (bicyclic) bond motifs is 6. The molecule has 4 radical (unpaired) electrons. The molecule has 0 aliphatic carbocycles. The molecule has 41 heavy (non-hydrogen) atoms. The lowest BCUT2D eigenvalue weighted by atomic mass is 9.54. The number of benzene rings is 2. The Bertz CT molecular complexity index is 1540. The van der Waals surface area contributed by atoms with Crippen LogP contribution in [0, 0.1) is 12.7 Å². The third-order valence-corrected chi connectivity index (χ3v) is 7.69. The first-order valence-electron chi connectivity index (χ1n) is 14.4. The molecule has 5 nitrogen and oxygen atoms in total. The van der Waals surface area contributed by atoms with Crippen LogP contribution in [0.4, 0.5) is 15.8 Å². The van der Waals surface area contributed by atoms with E-state index in [1.165, 1.54) is 17.4 Å². The second-order valence-corrected chi connectivity index (χ2v) is 11.2. The first-order chi connectivity index (χ1) is 19.4. The number of pyridine rings is 1. The topological polar surface area (TPSA) is 37.2 Å². The van der Waals surface area contributed by atoms with Crippen LogP contribution in [-0.4, -0.2) is 44.6 Å². The third-order valence-electron chi connectivity index (χ3n) is 7.69. The zero-order valence-electron chi connectivity index (χ0n) is 25.8. The van der Waals surface area contributed by atoms with Crippen LogP contribution in [0.15, 0.2) is 54.7 Å². The summed E-state index contributed by atoms with van der Waals surface area (Å²) in [4.78, 5) is 8.66. The highest BCUT2D eigenvalue weighted by atomic mass is 19.1. The van der Waals surface area contributed by atoms with Gasteiger partial charge in [-0.15, -0.1) is 0 Å². The summed E-state index contributed by atoms with van der Waals surface area (Å²) >= 11 is 0. The number of halogens is 1. The van der Waals surface area contributed by atoms with E-state index in [1.807, 2.05) is 63.2 Å². The van der Waals surface area contributed by atoms with Crippen molar-refractivity contribution in [3.05, 3.63) is 88.8 Å². The molecule has 0 fully saturated rings. The van der Waals surface area contributed by atoms with Gasteiger partial charge in [-0.25, -0.2) is 9.07 Å². The van der Waals surface area contributed by atoms with Gasteiger partial charge in [-0.2, -0.15) is 5.10 Å². The maximum Gasteiger partial charge on any atom is 0.131 e. The second kappa shape index (κ2) is 11.8. The molecule has 0 N–H and O–H groups in total. The molecule has 210 valence electrons. The van der Waals surface area contributed by atoms with Gasteiger partial charge in [0, 0.05) is 37.1 Å². The van der Waals surface area contributed by atoms with Gasteiger partial charge in [0.15, 0.2) is 0 Å². The molecule has 0 bridgehead atoms. The van der Waals surface area contributed by atoms with Gasteiger partial charge in [-0.1, -0.05) is 71.9 Å². The quantitative estimate of drug-likeness (QED) is 0.249. The maximum atomic E-state index is 14.4.